The van der Waals surface area contributed by atoms with E-state index in [9.17, 15) is 4.57 Å². The van der Waals surface area contributed by atoms with Gasteiger partial charge in [0.2, 0.25) is 0 Å². The average molecular weight is 268 g/mol. The van der Waals surface area contributed by atoms with Gasteiger partial charge in [0.25, 0.3) is 0 Å². The van der Waals surface area contributed by atoms with Gasteiger partial charge in [-0.05, 0) is 27.7 Å². The van der Waals surface area contributed by atoms with E-state index in [2.05, 4.69) is 0 Å². The second-order valence-electron chi connectivity index (χ2n) is 4.03. The van der Waals surface area contributed by atoms with Crippen LogP contribution in [0.3, 0.4) is 0 Å². The van der Waals surface area contributed by atoms with Gasteiger partial charge >= 0.3 is 7.82 Å². The molecule has 17 heavy (non-hydrogen) atoms. The van der Waals surface area contributed by atoms with Crippen LogP contribution >= 0.6 is 7.82 Å². The summed E-state index contributed by atoms with van der Waals surface area (Å²) in [6, 6.07) is 0. The monoisotopic (exact) mass is 268 g/mol. The van der Waals surface area contributed by atoms with E-state index in [1.807, 2.05) is 13.8 Å². The zero-order chi connectivity index (χ0) is 12.9. The summed E-state index contributed by atoms with van der Waals surface area (Å²) in [5.41, 5.74) is 0. The Hall–Kier alpha value is 0.0300. The van der Waals surface area contributed by atoms with Crippen LogP contribution in [0.25, 0.3) is 0 Å². The van der Waals surface area contributed by atoms with Crippen LogP contribution in [0.15, 0.2) is 0 Å². The van der Waals surface area contributed by atoms with Gasteiger partial charge in [0.1, 0.15) is 6.10 Å². The Morgan fingerprint density at radius 1 is 1.24 bits per heavy atom. The minimum absolute atomic E-state index is 0.126. The Labute approximate surface area is 102 Å². The van der Waals surface area contributed by atoms with Crippen LogP contribution in [0.2, 0.25) is 0 Å². The van der Waals surface area contributed by atoms with E-state index in [0.717, 1.165) is 0 Å². The summed E-state index contributed by atoms with van der Waals surface area (Å²) in [6.07, 6.45) is -0.251. The first-order valence-corrected chi connectivity index (χ1v) is 7.22. The Morgan fingerprint density at radius 2 is 1.82 bits per heavy atom. The zero-order valence-electron chi connectivity index (χ0n) is 10.8. The molecule has 0 aliphatic carbocycles. The van der Waals surface area contributed by atoms with Crippen molar-refractivity contribution in [2.75, 3.05) is 26.4 Å². The summed E-state index contributed by atoms with van der Waals surface area (Å²) in [5.74, 6) is -0.616. The van der Waals surface area contributed by atoms with Gasteiger partial charge < -0.3 is 9.47 Å². The molecule has 1 heterocycles. The second kappa shape index (κ2) is 6.27. The van der Waals surface area contributed by atoms with E-state index in [1.165, 1.54) is 0 Å². The highest BCUT2D eigenvalue weighted by atomic mass is 31.2. The molecule has 1 saturated heterocycles. The van der Waals surface area contributed by atoms with Crippen molar-refractivity contribution in [2.24, 2.45) is 0 Å². The third-order valence-corrected chi connectivity index (χ3v) is 3.67. The lowest BCUT2D eigenvalue weighted by molar-refractivity contribution is -0.142. The molecule has 7 heteroatoms. The molecule has 0 bridgehead atoms. The van der Waals surface area contributed by atoms with Crippen molar-refractivity contribution in [1.82, 2.24) is 0 Å². The lowest BCUT2D eigenvalue weighted by Crippen LogP contribution is -2.24. The molecule has 0 amide bonds. The maximum atomic E-state index is 12.0. The highest BCUT2D eigenvalue weighted by Gasteiger charge is 2.35. The van der Waals surface area contributed by atoms with Crippen LogP contribution in [0.5, 0.6) is 0 Å². The molecule has 0 spiro atoms. The second-order valence-corrected chi connectivity index (χ2v) is 5.70. The predicted molar refractivity (Wildman–Crippen MR) is 61.7 cm³/mol. The van der Waals surface area contributed by atoms with E-state index in [0.29, 0.717) is 6.61 Å². The van der Waals surface area contributed by atoms with Crippen LogP contribution in [-0.4, -0.2) is 38.3 Å². The first-order valence-electron chi connectivity index (χ1n) is 5.76. The molecule has 6 nitrogen and oxygen atoms in total. The number of phosphoric ester groups is 1. The van der Waals surface area contributed by atoms with Crippen LogP contribution in [0.1, 0.15) is 27.7 Å². The minimum Gasteiger partial charge on any atom is -0.348 e. The van der Waals surface area contributed by atoms with E-state index >= 15 is 0 Å². The summed E-state index contributed by atoms with van der Waals surface area (Å²) in [4.78, 5) is 0. The van der Waals surface area contributed by atoms with Gasteiger partial charge in [-0.1, -0.05) is 0 Å². The molecule has 1 fully saturated rings. The van der Waals surface area contributed by atoms with Gasteiger partial charge in [-0.3, -0.25) is 13.6 Å². The maximum absolute atomic E-state index is 12.0. The molecular weight excluding hydrogens is 247 g/mol. The quantitative estimate of drug-likeness (QED) is 0.660. The van der Waals surface area contributed by atoms with Gasteiger partial charge in [0.15, 0.2) is 5.79 Å². The lowest BCUT2D eigenvalue weighted by Gasteiger charge is -2.19. The number of phosphoric acid groups is 1. The topological polar surface area (TPSA) is 63.2 Å². The van der Waals surface area contributed by atoms with Gasteiger partial charge in [0.05, 0.1) is 26.4 Å². The molecule has 1 rings (SSSR count). The first kappa shape index (κ1) is 15.1. The molecule has 1 unspecified atom stereocenters. The van der Waals surface area contributed by atoms with Gasteiger partial charge in [-0.25, -0.2) is 4.57 Å². The van der Waals surface area contributed by atoms with Crippen molar-refractivity contribution in [3.8, 4) is 0 Å². The van der Waals surface area contributed by atoms with E-state index in [-0.39, 0.29) is 25.9 Å². The van der Waals surface area contributed by atoms with Gasteiger partial charge in [0, 0.05) is 0 Å². The van der Waals surface area contributed by atoms with Crippen LogP contribution < -0.4 is 0 Å². The zero-order valence-corrected chi connectivity index (χ0v) is 11.7. The molecular formula is C10H21O6P. The largest absolute Gasteiger partial charge is 0.474 e. The standard InChI is InChI=1S/C10H21O6P/c1-5-13-17(11,14-6-2)15-8-9-7-12-10(3,4)16-9/h9H,5-8H2,1-4H3. The predicted octanol–water partition coefficient (Wildman–Crippen LogP) is 2.34. The molecule has 1 atom stereocenters. The van der Waals surface area contributed by atoms with Gasteiger partial charge in [-0.15, -0.1) is 0 Å². The SMILES string of the molecule is CCOP(=O)(OCC)OCC1COC(C)(C)O1. The molecule has 0 aromatic heterocycles. The fourth-order valence-electron chi connectivity index (χ4n) is 1.45. The summed E-state index contributed by atoms with van der Waals surface area (Å²) < 4.78 is 38.0. The molecule has 0 N–H and O–H groups in total. The summed E-state index contributed by atoms with van der Waals surface area (Å²) >= 11 is 0. The Balaban J connectivity index is 2.40. The Kier molecular flexibility index (Phi) is 5.57. The normalized spacial score (nSPS) is 24.1. The third kappa shape index (κ3) is 5.04. The maximum Gasteiger partial charge on any atom is 0.474 e. The molecule has 102 valence electrons. The minimum atomic E-state index is -3.45. The average Bonchev–Trinajstić information content (AvgIpc) is 2.56. The van der Waals surface area contributed by atoms with Crippen molar-refractivity contribution in [3.63, 3.8) is 0 Å². The van der Waals surface area contributed by atoms with Crippen molar-refractivity contribution >= 4 is 7.82 Å². The van der Waals surface area contributed by atoms with E-state index < -0.39 is 13.6 Å². The van der Waals surface area contributed by atoms with Crippen molar-refractivity contribution in [3.05, 3.63) is 0 Å². The van der Waals surface area contributed by atoms with Crippen LogP contribution in [-0.2, 0) is 27.6 Å². The molecule has 1 aliphatic rings. The molecule has 0 aromatic carbocycles. The van der Waals surface area contributed by atoms with Crippen molar-refractivity contribution < 1.29 is 27.6 Å². The molecule has 0 saturated carbocycles. The third-order valence-electron chi connectivity index (χ3n) is 2.06. The molecule has 0 radical (unpaired) electrons. The number of rotatable bonds is 7. The highest BCUT2D eigenvalue weighted by molar-refractivity contribution is 7.48. The summed E-state index contributed by atoms with van der Waals surface area (Å²) in [6.45, 7) is 8.16. The van der Waals surface area contributed by atoms with E-state index in [4.69, 9.17) is 23.0 Å². The van der Waals surface area contributed by atoms with E-state index in [1.54, 1.807) is 13.8 Å². The number of hydrogen-bond donors (Lipinski definition) is 0. The van der Waals surface area contributed by atoms with Crippen molar-refractivity contribution in [2.45, 2.75) is 39.6 Å². The number of hydrogen-bond acceptors (Lipinski definition) is 6. The fraction of sp³-hybridized carbons (Fsp3) is 1.00. The van der Waals surface area contributed by atoms with Crippen molar-refractivity contribution in [1.29, 1.82) is 0 Å². The smallest absolute Gasteiger partial charge is 0.348 e. The fourth-order valence-corrected chi connectivity index (χ4v) is 2.65. The Morgan fingerprint density at radius 3 is 2.24 bits per heavy atom. The number of ether oxygens (including phenoxy) is 2. The summed E-state index contributed by atoms with van der Waals surface area (Å²) in [7, 11) is -3.45. The first-order chi connectivity index (χ1) is 7.91. The van der Waals surface area contributed by atoms with Gasteiger partial charge in [-0.2, -0.15) is 0 Å². The lowest BCUT2D eigenvalue weighted by atomic mass is 10.4. The highest BCUT2D eigenvalue weighted by Crippen LogP contribution is 2.49. The molecule has 0 aromatic rings. The van der Waals surface area contributed by atoms with Crippen LogP contribution in [0, 0.1) is 0 Å². The molecule has 1 aliphatic heterocycles. The Bertz CT molecular complexity index is 270. The van der Waals surface area contributed by atoms with Crippen LogP contribution in [0.4, 0.5) is 0 Å². The summed E-state index contributed by atoms with van der Waals surface area (Å²) in [5, 5.41) is 0.